The van der Waals surface area contributed by atoms with Gasteiger partial charge in [-0.25, -0.2) is 9.97 Å². The van der Waals surface area contributed by atoms with Crippen LogP contribution in [-0.2, 0) is 0 Å². The minimum absolute atomic E-state index is 0.753. The van der Waals surface area contributed by atoms with Gasteiger partial charge in [0.25, 0.3) is 0 Å². The number of rotatable bonds is 3. The molecule has 0 aliphatic rings. The second-order valence-corrected chi connectivity index (χ2v) is 13.4. The predicted molar refractivity (Wildman–Crippen MR) is 193 cm³/mol. The van der Waals surface area contributed by atoms with Crippen LogP contribution in [0.5, 0.6) is 0 Å². The number of fused-ring (bicyclic) bond motifs is 9. The summed E-state index contributed by atoms with van der Waals surface area (Å²) in [6, 6.07) is 49.8. The molecule has 0 N–H and O–H groups in total. The molecule has 0 unspecified atom stereocenters. The number of hydrogen-bond donors (Lipinski definition) is 0. The van der Waals surface area contributed by atoms with E-state index in [1.54, 1.807) is 11.3 Å². The smallest absolute Gasteiger partial charge is 0.162 e. The van der Waals surface area contributed by atoms with Gasteiger partial charge < -0.3 is 4.57 Å². The Kier molecular flexibility index (Phi) is 5.32. The molecule has 6 aromatic carbocycles. The van der Waals surface area contributed by atoms with Crippen LogP contribution >= 0.6 is 22.7 Å². The van der Waals surface area contributed by atoms with Crippen molar-refractivity contribution in [2.24, 2.45) is 0 Å². The molecule has 0 atom stereocenters. The van der Waals surface area contributed by atoms with Gasteiger partial charge in [-0.2, -0.15) is 0 Å². The third-order valence-electron chi connectivity index (χ3n) is 8.85. The van der Waals surface area contributed by atoms with Gasteiger partial charge in [0.05, 0.1) is 16.7 Å². The highest BCUT2D eigenvalue weighted by molar-refractivity contribution is 7.26. The van der Waals surface area contributed by atoms with Crippen molar-refractivity contribution in [1.29, 1.82) is 0 Å². The van der Waals surface area contributed by atoms with Gasteiger partial charge in [0.15, 0.2) is 5.82 Å². The largest absolute Gasteiger partial charge is 0.309 e. The Morgan fingerprint density at radius 2 is 1.09 bits per heavy atom. The molecule has 45 heavy (non-hydrogen) atoms. The summed E-state index contributed by atoms with van der Waals surface area (Å²) in [4.78, 5) is 11.9. The summed E-state index contributed by atoms with van der Waals surface area (Å²) < 4.78 is 6.13. The van der Waals surface area contributed by atoms with Gasteiger partial charge in [-0.1, -0.05) is 103 Å². The number of hydrogen-bond acceptors (Lipinski definition) is 4. The number of aromatic nitrogens is 3. The van der Waals surface area contributed by atoms with Crippen LogP contribution in [0.25, 0.3) is 90.6 Å². The molecule has 4 heterocycles. The molecule has 0 saturated heterocycles. The summed E-state index contributed by atoms with van der Waals surface area (Å²) in [6.45, 7) is 0. The van der Waals surface area contributed by atoms with Gasteiger partial charge >= 0.3 is 0 Å². The molecule has 0 fully saturated rings. The molecule has 210 valence electrons. The molecule has 5 heteroatoms. The maximum absolute atomic E-state index is 5.52. The second kappa shape index (κ2) is 9.57. The molecule has 3 nitrogen and oxygen atoms in total. The third kappa shape index (κ3) is 3.62. The van der Waals surface area contributed by atoms with Gasteiger partial charge in [-0.05, 0) is 36.4 Å². The zero-order valence-electron chi connectivity index (χ0n) is 23.9. The fourth-order valence-electron chi connectivity index (χ4n) is 6.93. The third-order valence-corrected chi connectivity index (χ3v) is 11.1. The monoisotopic (exact) mass is 609 g/mol. The molecule has 10 aromatic rings. The summed E-state index contributed by atoms with van der Waals surface area (Å²) in [7, 11) is 0. The number of nitrogens with zero attached hydrogens (tertiary/aromatic N) is 3. The van der Waals surface area contributed by atoms with Crippen molar-refractivity contribution in [1.82, 2.24) is 14.5 Å². The predicted octanol–water partition coefficient (Wildman–Crippen LogP) is 11.6. The Labute approximate surface area is 266 Å². The lowest BCUT2D eigenvalue weighted by Gasteiger charge is -2.10. The molecule has 4 aromatic heterocycles. The van der Waals surface area contributed by atoms with Crippen LogP contribution in [0.3, 0.4) is 0 Å². The molecular formula is C40H23N3S2. The lowest BCUT2D eigenvalue weighted by molar-refractivity contribution is 1.18. The minimum Gasteiger partial charge on any atom is -0.309 e. The van der Waals surface area contributed by atoms with E-state index in [1.165, 1.54) is 46.5 Å². The van der Waals surface area contributed by atoms with E-state index < -0.39 is 0 Å². The van der Waals surface area contributed by atoms with Gasteiger partial charge in [-0.15, -0.1) is 22.7 Å². The van der Waals surface area contributed by atoms with Crippen molar-refractivity contribution in [3.8, 4) is 28.3 Å². The highest BCUT2D eigenvalue weighted by Crippen LogP contribution is 2.45. The molecule has 0 spiro atoms. The van der Waals surface area contributed by atoms with Crippen LogP contribution in [-0.4, -0.2) is 14.5 Å². The summed E-state index contributed by atoms with van der Waals surface area (Å²) in [5, 5.41) is 7.26. The molecule has 0 aliphatic carbocycles. The first-order chi connectivity index (χ1) is 22.3. The van der Waals surface area contributed by atoms with Crippen LogP contribution in [0.1, 0.15) is 0 Å². The highest BCUT2D eigenvalue weighted by atomic mass is 32.1. The number of thiophene rings is 2. The van der Waals surface area contributed by atoms with E-state index in [1.807, 2.05) is 11.3 Å². The second-order valence-electron chi connectivity index (χ2n) is 11.3. The average Bonchev–Trinajstić information content (AvgIpc) is 3.77. The van der Waals surface area contributed by atoms with E-state index in [0.29, 0.717) is 0 Å². The summed E-state index contributed by atoms with van der Waals surface area (Å²) in [5.41, 5.74) is 6.65. The molecule has 0 saturated carbocycles. The van der Waals surface area contributed by atoms with Gasteiger partial charge in [0, 0.05) is 63.2 Å². The van der Waals surface area contributed by atoms with Crippen LogP contribution in [0, 0.1) is 0 Å². The van der Waals surface area contributed by atoms with E-state index in [-0.39, 0.29) is 0 Å². The Bertz CT molecular complexity index is 2770. The molecule has 0 amide bonds. The van der Waals surface area contributed by atoms with Crippen molar-refractivity contribution in [3.05, 3.63) is 140 Å². The topological polar surface area (TPSA) is 30.7 Å². The summed E-state index contributed by atoms with van der Waals surface area (Å²) in [5.74, 6) is 0.753. The quantitative estimate of drug-likeness (QED) is 0.199. The van der Waals surface area contributed by atoms with Crippen molar-refractivity contribution < 1.29 is 0 Å². The summed E-state index contributed by atoms with van der Waals surface area (Å²) in [6.07, 6.45) is 0. The van der Waals surface area contributed by atoms with Crippen molar-refractivity contribution in [2.75, 3.05) is 0 Å². The zero-order chi connectivity index (χ0) is 29.5. The Hall–Kier alpha value is -5.36. The van der Waals surface area contributed by atoms with Gasteiger partial charge in [0.1, 0.15) is 4.83 Å². The van der Waals surface area contributed by atoms with E-state index >= 15 is 0 Å². The van der Waals surface area contributed by atoms with Crippen LogP contribution in [0.4, 0.5) is 0 Å². The lowest BCUT2D eigenvalue weighted by atomic mass is 10.0. The van der Waals surface area contributed by atoms with Gasteiger partial charge in [-0.3, -0.25) is 0 Å². The first kappa shape index (κ1) is 25.0. The number of para-hydroxylation sites is 2. The van der Waals surface area contributed by atoms with E-state index in [0.717, 1.165) is 44.1 Å². The fourth-order valence-corrected chi connectivity index (χ4v) is 9.23. The first-order valence-corrected chi connectivity index (χ1v) is 16.6. The maximum Gasteiger partial charge on any atom is 0.162 e. The van der Waals surface area contributed by atoms with E-state index in [2.05, 4.69) is 144 Å². The minimum atomic E-state index is 0.753. The Morgan fingerprint density at radius 1 is 0.444 bits per heavy atom. The normalized spacial score (nSPS) is 12.0. The van der Waals surface area contributed by atoms with Crippen molar-refractivity contribution >= 4 is 85.0 Å². The van der Waals surface area contributed by atoms with Crippen LogP contribution in [0.2, 0.25) is 0 Å². The average molecular weight is 610 g/mol. The van der Waals surface area contributed by atoms with E-state index in [9.17, 15) is 0 Å². The van der Waals surface area contributed by atoms with Gasteiger partial charge in [0.2, 0.25) is 0 Å². The Morgan fingerprint density at radius 3 is 1.96 bits per heavy atom. The first-order valence-electron chi connectivity index (χ1n) is 15.0. The molecule has 0 aliphatic heterocycles. The Balaban J connectivity index is 1.33. The molecule has 0 bridgehead atoms. The molecule has 10 rings (SSSR count). The zero-order valence-corrected chi connectivity index (χ0v) is 25.6. The fraction of sp³-hybridized carbons (Fsp3) is 0. The standard InChI is InChI=1S/C40H23N3S2/c1-2-12-24(13-3-1)43-31-20-7-4-15-27(31)35-29(18-11-21-32(35)43)39-41-37(36-28-16-6-9-23-34(28)45-40(36)42-39)30-19-10-17-26-25-14-5-8-22-33(25)44-38(26)30/h1-23H. The SMILES string of the molecule is c1ccc(-n2c3ccccc3c3c(-c4nc(-c5cccc6c5sc5ccccc56)c5c(n4)sc4ccccc45)cccc32)cc1. The van der Waals surface area contributed by atoms with Crippen molar-refractivity contribution in [2.45, 2.75) is 0 Å². The van der Waals surface area contributed by atoms with Crippen LogP contribution in [0.15, 0.2) is 140 Å². The molecular weight excluding hydrogens is 587 g/mol. The molecule has 0 radical (unpaired) electrons. The van der Waals surface area contributed by atoms with Crippen molar-refractivity contribution in [3.63, 3.8) is 0 Å². The van der Waals surface area contributed by atoms with Crippen LogP contribution < -0.4 is 0 Å². The lowest BCUT2D eigenvalue weighted by Crippen LogP contribution is -1.95. The maximum atomic E-state index is 5.52. The number of benzene rings is 6. The van der Waals surface area contributed by atoms with E-state index in [4.69, 9.17) is 9.97 Å². The summed E-state index contributed by atoms with van der Waals surface area (Å²) >= 11 is 3.59. The highest BCUT2D eigenvalue weighted by Gasteiger charge is 2.22.